The number of benzene rings is 1. The highest BCUT2D eigenvalue weighted by molar-refractivity contribution is 9.10. The molecule has 0 saturated carbocycles. The first-order chi connectivity index (χ1) is 21.7. The predicted octanol–water partition coefficient (Wildman–Crippen LogP) is 6.33. The number of rotatable bonds is 13. The van der Waals surface area contributed by atoms with E-state index in [2.05, 4.69) is 39.6 Å². The van der Waals surface area contributed by atoms with E-state index in [1.165, 1.54) is 0 Å². The van der Waals surface area contributed by atoms with E-state index in [0.29, 0.717) is 22.7 Å². The third kappa shape index (κ3) is 8.61. The number of carbonyl (C=O) groups is 3. The minimum Gasteiger partial charge on any atom is -0.464 e. The molecule has 1 saturated heterocycles. The molecule has 0 spiro atoms. The van der Waals surface area contributed by atoms with Gasteiger partial charge in [0.05, 0.1) is 24.3 Å². The molecular formula is C35H46BrN5O5. The molecule has 1 aliphatic heterocycles. The van der Waals surface area contributed by atoms with Gasteiger partial charge >= 0.3 is 5.97 Å². The fourth-order valence-electron chi connectivity index (χ4n) is 5.78. The number of aryl methyl sites for hydroxylation is 1. The summed E-state index contributed by atoms with van der Waals surface area (Å²) >= 11 is 3.47. The molecule has 11 heteroatoms. The second-order valence-corrected chi connectivity index (χ2v) is 14.1. The van der Waals surface area contributed by atoms with Crippen LogP contribution in [-0.2, 0) is 25.5 Å². The number of nitrogens with zero attached hydrogens (tertiary/aromatic N) is 4. The lowest BCUT2D eigenvalue weighted by molar-refractivity contribution is -0.166. The molecule has 1 amide bonds. The SMILES string of the molecule is C=CCCC1(C)CCN(c2c([C@H](OC(C)(C)C)C(=O)OCC)c(C)nc3cc(C(=O)NCC(=O)Cc4ccccc4Br)nn23)CC1. The number of hydrogen-bond acceptors (Lipinski definition) is 8. The van der Waals surface area contributed by atoms with Gasteiger partial charge < -0.3 is 19.7 Å². The summed E-state index contributed by atoms with van der Waals surface area (Å²) in [6.45, 7) is 17.0. The molecule has 3 aromatic rings. The number of allylic oxidation sites excluding steroid dienone is 1. The zero-order valence-corrected chi connectivity index (χ0v) is 29.4. The topological polar surface area (TPSA) is 115 Å². The van der Waals surface area contributed by atoms with E-state index < -0.39 is 23.6 Å². The molecule has 3 heterocycles. The average molecular weight is 697 g/mol. The van der Waals surface area contributed by atoms with E-state index in [1.54, 1.807) is 17.5 Å². The fourth-order valence-corrected chi connectivity index (χ4v) is 6.20. The van der Waals surface area contributed by atoms with Gasteiger partial charge in [0.15, 0.2) is 23.2 Å². The maximum atomic E-state index is 13.4. The van der Waals surface area contributed by atoms with Crippen LogP contribution >= 0.6 is 15.9 Å². The molecule has 46 heavy (non-hydrogen) atoms. The van der Waals surface area contributed by atoms with E-state index >= 15 is 0 Å². The van der Waals surface area contributed by atoms with Gasteiger partial charge in [0, 0.05) is 35.7 Å². The summed E-state index contributed by atoms with van der Waals surface area (Å²) in [5, 5.41) is 7.42. The lowest BCUT2D eigenvalue weighted by Crippen LogP contribution is -2.41. The van der Waals surface area contributed by atoms with Crippen LogP contribution in [0.15, 0.2) is 47.5 Å². The number of esters is 1. The minimum atomic E-state index is -1.06. The summed E-state index contributed by atoms with van der Waals surface area (Å²) in [5.41, 5.74) is 2.07. The Morgan fingerprint density at radius 1 is 1.20 bits per heavy atom. The van der Waals surface area contributed by atoms with Gasteiger partial charge in [0.1, 0.15) is 5.82 Å². The Balaban J connectivity index is 1.71. The summed E-state index contributed by atoms with van der Waals surface area (Å²) in [5.74, 6) is -0.478. The Hall–Kier alpha value is -3.57. The number of halogens is 1. The molecule has 1 aliphatic rings. The number of amides is 1. The number of aromatic nitrogens is 3. The molecule has 1 fully saturated rings. The van der Waals surface area contributed by atoms with Crippen molar-refractivity contribution in [2.45, 2.75) is 85.4 Å². The van der Waals surface area contributed by atoms with Crippen LogP contribution in [-0.4, -0.2) is 64.1 Å². The van der Waals surface area contributed by atoms with Gasteiger partial charge in [0.2, 0.25) is 0 Å². The second-order valence-electron chi connectivity index (χ2n) is 13.2. The molecule has 0 bridgehead atoms. The van der Waals surface area contributed by atoms with Crippen LogP contribution in [0.1, 0.15) is 93.7 Å². The molecular weight excluding hydrogens is 650 g/mol. The van der Waals surface area contributed by atoms with Crippen molar-refractivity contribution in [3.63, 3.8) is 0 Å². The summed E-state index contributed by atoms with van der Waals surface area (Å²) in [7, 11) is 0. The van der Waals surface area contributed by atoms with E-state index in [0.717, 1.165) is 48.8 Å². The van der Waals surface area contributed by atoms with Crippen molar-refractivity contribution in [2.75, 3.05) is 31.1 Å². The van der Waals surface area contributed by atoms with Crippen LogP contribution in [0, 0.1) is 12.3 Å². The van der Waals surface area contributed by atoms with Crippen LogP contribution in [0.2, 0.25) is 0 Å². The van der Waals surface area contributed by atoms with Gasteiger partial charge in [-0.15, -0.1) is 6.58 Å². The molecule has 4 rings (SSSR count). The number of carbonyl (C=O) groups excluding carboxylic acids is 3. The quantitative estimate of drug-likeness (QED) is 0.163. The van der Waals surface area contributed by atoms with Crippen molar-refractivity contribution in [1.29, 1.82) is 0 Å². The van der Waals surface area contributed by atoms with Gasteiger partial charge in [-0.1, -0.05) is 47.1 Å². The highest BCUT2D eigenvalue weighted by atomic mass is 79.9. The summed E-state index contributed by atoms with van der Waals surface area (Å²) < 4.78 is 14.3. The van der Waals surface area contributed by atoms with Crippen molar-refractivity contribution in [2.24, 2.45) is 5.41 Å². The zero-order valence-electron chi connectivity index (χ0n) is 27.8. The number of Topliss-reactive ketones (excluding diaryl/α,β-unsaturated/α-hetero) is 1. The van der Waals surface area contributed by atoms with E-state index in [9.17, 15) is 14.4 Å². The largest absolute Gasteiger partial charge is 0.464 e. The Morgan fingerprint density at radius 2 is 1.89 bits per heavy atom. The first-order valence-electron chi connectivity index (χ1n) is 15.9. The smallest absolute Gasteiger partial charge is 0.340 e. The van der Waals surface area contributed by atoms with Crippen molar-refractivity contribution < 1.29 is 23.9 Å². The van der Waals surface area contributed by atoms with E-state index in [4.69, 9.17) is 19.6 Å². The maximum Gasteiger partial charge on any atom is 0.340 e. The van der Waals surface area contributed by atoms with Crippen molar-refractivity contribution >= 4 is 45.1 Å². The third-order valence-electron chi connectivity index (χ3n) is 8.28. The van der Waals surface area contributed by atoms with Crippen molar-refractivity contribution in [1.82, 2.24) is 19.9 Å². The first-order valence-corrected chi connectivity index (χ1v) is 16.7. The fraction of sp³-hybridized carbons (Fsp3) is 0.514. The third-order valence-corrected chi connectivity index (χ3v) is 9.06. The van der Waals surface area contributed by atoms with Crippen LogP contribution in [0.3, 0.4) is 0 Å². The molecule has 2 aromatic heterocycles. The molecule has 1 atom stereocenters. The van der Waals surface area contributed by atoms with Crippen molar-refractivity contribution in [3.05, 3.63) is 70.0 Å². The number of ether oxygens (including phenoxy) is 2. The minimum absolute atomic E-state index is 0.122. The first kappa shape index (κ1) is 35.3. The lowest BCUT2D eigenvalue weighted by Gasteiger charge is -2.41. The van der Waals surface area contributed by atoms with Gasteiger partial charge in [-0.2, -0.15) is 9.61 Å². The van der Waals surface area contributed by atoms with Gasteiger partial charge in [0.25, 0.3) is 5.91 Å². The van der Waals surface area contributed by atoms with Gasteiger partial charge in [-0.3, -0.25) is 9.59 Å². The Labute approximate surface area is 280 Å². The predicted molar refractivity (Wildman–Crippen MR) is 182 cm³/mol. The highest BCUT2D eigenvalue weighted by Gasteiger charge is 2.38. The van der Waals surface area contributed by atoms with Gasteiger partial charge in [-0.05, 0) is 77.3 Å². The summed E-state index contributed by atoms with van der Waals surface area (Å²) in [6, 6.07) is 9.10. The van der Waals surface area contributed by atoms with Crippen molar-refractivity contribution in [3.8, 4) is 0 Å². The summed E-state index contributed by atoms with van der Waals surface area (Å²) in [6.07, 6.45) is 4.95. The molecule has 10 nitrogen and oxygen atoms in total. The van der Waals surface area contributed by atoms with E-state index in [1.807, 2.05) is 58.0 Å². The lowest BCUT2D eigenvalue weighted by atomic mass is 9.76. The number of piperidine rings is 1. The molecule has 0 aliphatic carbocycles. The number of anilines is 1. The highest BCUT2D eigenvalue weighted by Crippen LogP contribution is 2.41. The van der Waals surface area contributed by atoms with Gasteiger partial charge in [-0.25, -0.2) is 9.78 Å². The number of nitrogens with one attached hydrogen (secondary N) is 1. The average Bonchev–Trinajstić information content (AvgIpc) is 3.42. The molecule has 0 unspecified atom stereocenters. The Kier molecular flexibility index (Phi) is 11.4. The normalized spacial score (nSPS) is 15.4. The Bertz CT molecular complexity index is 1590. The molecule has 1 aromatic carbocycles. The summed E-state index contributed by atoms with van der Waals surface area (Å²) in [4.78, 5) is 46.4. The zero-order chi connectivity index (χ0) is 33.6. The molecule has 248 valence electrons. The molecule has 1 N–H and O–H groups in total. The number of hydrogen-bond donors (Lipinski definition) is 1. The second kappa shape index (κ2) is 14.9. The van der Waals surface area contributed by atoms with E-state index in [-0.39, 0.29) is 36.5 Å². The van der Waals surface area contributed by atoms with Crippen LogP contribution < -0.4 is 10.2 Å². The number of fused-ring (bicyclic) bond motifs is 1. The molecule has 0 radical (unpaired) electrons. The monoisotopic (exact) mass is 695 g/mol. The maximum absolute atomic E-state index is 13.4. The van der Waals surface area contributed by atoms with Crippen LogP contribution in [0.5, 0.6) is 0 Å². The van der Waals surface area contributed by atoms with Crippen LogP contribution in [0.25, 0.3) is 5.65 Å². The standard InChI is InChI=1S/C35H46BrN5O5/c1-8-10-15-35(7)16-18-40(19-17-35)32-29(30(33(44)45-9-2)46-34(4,5)6)23(3)38-28-21-27(39-41(28)32)31(43)37-22-25(42)20-24-13-11-12-14-26(24)36/h8,11-14,21,30H,1,9-10,15-20,22H2,2-7H3,(H,37,43)/t30-/m0/s1. The van der Waals surface area contributed by atoms with Crippen LogP contribution in [0.4, 0.5) is 5.82 Å². The number of ketones is 1. The Morgan fingerprint density at radius 3 is 2.52 bits per heavy atom.